The molecule has 0 amide bonds. The Morgan fingerprint density at radius 3 is 2.74 bits per heavy atom. The molecule has 0 unspecified atom stereocenters. The summed E-state index contributed by atoms with van der Waals surface area (Å²) in [5.74, 6) is 1.64. The fraction of sp³-hybridized carbons (Fsp3) is 0.500. The topological polar surface area (TPSA) is 55.6 Å². The van der Waals surface area contributed by atoms with E-state index in [1.54, 1.807) is 0 Å². The molecule has 19 heavy (non-hydrogen) atoms. The summed E-state index contributed by atoms with van der Waals surface area (Å²) in [6.45, 7) is 8.12. The van der Waals surface area contributed by atoms with Gasteiger partial charge >= 0.3 is 0 Å². The quantitative estimate of drug-likeness (QED) is 0.866. The van der Waals surface area contributed by atoms with Crippen LogP contribution < -0.4 is 5.32 Å². The van der Waals surface area contributed by atoms with Gasteiger partial charge in [0, 0.05) is 24.8 Å². The molecule has 0 fully saturated rings. The number of aryl methyl sites for hydroxylation is 2. The number of imidazole rings is 1. The van der Waals surface area contributed by atoms with Gasteiger partial charge in [0.2, 0.25) is 0 Å². The third-order valence-corrected chi connectivity index (χ3v) is 2.98. The minimum atomic E-state index is 0.748. The molecule has 1 N–H and O–H groups in total. The summed E-state index contributed by atoms with van der Waals surface area (Å²) in [4.78, 5) is 13.4. The highest BCUT2D eigenvalue weighted by atomic mass is 15.1. The lowest BCUT2D eigenvalue weighted by Gasteiger charge is -2.09. The lowest BCUT2D eigenvalue weighted by atomic mass is 10.3. The molecule has 0 aliphatic carbocycles. The third-order valence-electron chi connectivity index (χ3n) is 2.98. The van der Waals surface area contributed by atoms with Crippen LogP contribution in [0, 0.1) is 0 Å². The molecule has 2 heterocycles. The Morgan fingerprint density at radius 1 is 1.21 bits per heavy atom. The molecule has 0 aromatic carbocycles. The van der Waals surface area contributed by atoms with Gasteiger partial charge in [-0.15, -0.1) is 0 Å². The molecule has 2 rings (SSSR count). The molecular weight excluding hydrogens is 238 g/mol. The normalized spacial score (nSPS) is 10.7. The first-order valence-corrected chi connectivity index (χ1v) is 6.90. The Labute approximate surface area is 114 Å². The Kier molecular flexibility index (Phi) is 4.49. The first kappa shape index (κ1) is 13.5. The number of anilines is 1. The van der Waals surface area contributed by atoms with Crippen LogP contribution in [0.2, 0.25) is 0 Å². The van der Waals surface area contributed by atoms with Crippen molar-refractivity contribution in [2.24, 2.45) is 0 Å². The van der Waals surface area contributed by atoms with E-state index in [2.05, 4.69) is 45.6 Å². The number of nitrogens with zero attached hydrogens (tertiary/aromatic N) is 4. The van der Waals surface area contributed by atoms with Crippen LogP contribution in [0.1, 0.15) is 32.9 Å². The number of nitrogens with one attached hydrogen (secondary N) is 1. The molecule has 5 nitrogen and oxygen atoms in total. The van der Waals surface area contributed by atoms with E-state index in [1.807, 2.05) is 18.6 Å². The Balaban J connectivity index is 2.38. The molecule has 102 valence electrons. The molecule has 2 aromatic rings. The van der Waals surface area contributed by atoms with Gasteiger partial charge in [-0.3, -0.25) is 0 Å². The van der Waals surface area contributed by atoms with Crippen LogP contribution in [0.25, 0.3) is 11.5 Å². The average Bonchev–Trinajstić information content (AvgIpc) is 2.93. The first-order valence-electron chi connectivity index (χ1n) is 6.90. The zero-order valence-electron chi connectivity index (χ0n) is 11.8. The van der Waals surface area contributed by atoms with Crippen LogP contribution in [0.5, 0.6) is 0 Å². The summed E-state index contributed by atoms with van der Waals surface area (Å²) in [5.41, 5.74) is 2.02. The van der Waals surface area contributed by atoms with Crippen molar-refractivity contribution in [3.05, 3.63) is 24.3 Å². The van der Waals surface area contributed by atoms with Gasteiger partial charge in [-0.25, -0.2) is 15.0 Å². The van der Waals surface area contributed by atoms with Gasteiger partial charge in [0.1, 0.15) is 11.5 Å². The fourth-order valence-electron chi connectivity index (χ4n) is 1.90. The van der Waals surface area contributed by atoms with E-state index in [1.165, 1.54) is 0 Å². The molecule has 5 heteroatoms. The molecule has 0 spiro atoms. The molecule has 0 aliphatic rings. The van der Waals surface area contributed by atoms with Gasteiger partial charge < -0.3 is 9.88 Å². The SMILES string of the molecule is CCCNc1cc(CC)nc(-c2cncn2CC)n1. The van der Waals surface area contributed by atoms with Gasteiger partial charge in [0.15, 0.2) is 5.82 Å². The maximum atomic E-state index is 4.60. The maximum Gasteiger partial charge on any atom is 0.180 e. The van der Waals surface area contributed by atoms with Crippen LogP contribution >= 0.6 is 0 Å². The van der Waals surface area contributed by atoms with E-state index in [-0.39, 0.29) is 0 Å². The highest BCUT2D eigenvalue weighted by Crippen LogP contribution is 2.18. The molecule has 0 aliphatic heterocycles. The predicted molar refractivity (Wildman–Crippen MR) is 77.1 cm³/mol. The molecule has 0 saturated carbocycles. The van der Waals surface area contributed by atoms with Gasteiger partial charge in [-0.1, -0.05) is 13.8 Å². The van der Waals surface area contributed by atoms with Gasteiger partial charge in [-0.05, 0) is 19.8 Å². The first-order chi connectivity index (χ1) is 9.28. The minimum Gasteiger partial charge on any atom is -0.370 e. The van der Waals surface area contributed by atoms with Crippen LogP contribution in [0.4, 0.5) is 5.82 Å². The molecule has 0 bridgehead atoms. The number of hydrogen-bond donors (Lipinski definition) is 1. The molecular formula is C14H21N5. The average molecular weight is 259 g/mol. The second kappa shape index (κ2) is 6.31. The van der Waals surface area contributed by atoms with Crippen molar-refractivity contribution in [1.29, 1.82) is 0 Å². The van der Waals surface area contributed by atoms with Crippen LogP contribution in [0.15, 0.2) is 18.6 Å². The second-order valence-electron chi connectivity index (χ2n) is 4.41. The van der Waals surface area contributed by atoms with Crippen LogP contribution in [-0.2, 0) is 13.0 Å². The van der Waals surface area contributed by atoms with E-state index in [9.17, 15) is 0 Å². The number of hydrogen-bond acceptors (Lipinski definition) is 4. The zero-order valence-corrected chi connectivity index (χ0v) is 11.8. The van der Waals surface area contributed by atoms with Crippen molar-refractivity contribution in [2.45, 2.75) is 40.2 Å². The van der Waals surface area contributed by atoms with E-state index in [0.29, 0.717) is 0 Å². The van der Waals surface area contributed by atoms with Crippen molar-refractivity contribution in [3.63, 3.8) is 0 Å². The van der Waals surface area contributed by atoms with Crippen molar-refractivity contribution < 1.29 is 0 Å². The highest BCUT2D eigenvalue weighted by Gasteiger charge is 2.10. The summed E-state index contributed by atoms with van der Waals surface area (Å²) in [7, 11) is 0. The molecule has 0 saturated heterocycles. The molecule has 0 radical (unpaired) electrons. The van der Waals surface area contributed by atoms with Crippen molar-refractivity contribution in [1.82, 2.24) is 19.5 Å². The largest absolute Gasteiger partial charge is 0.370 e. The summed E-state index contributed by atoms with van der Waals surface area (Å²) < 4.78 is 2.05. The predicted octanol–water partition coefficient (Wildman–Crippen LogP) is 2.74. The fourth-order valence-corrected chi connectivity index (χ4v) is 1.90. The monoisotopic (exact) mass is 259 g/mol. The van der Waals surface area contributed by atoms with E-state index >= 15 is 0 Å². The zero-order chi connectivity index (χ0) is 13.7. The summed E-state index contributed by atoms with van der Waals surface area (Å²) in [5, 5.41) is 3.33. The van der Waals surface area contributed by atoms with E-state index < -0.39 is 0 Å². The summed E-state index contributed by atoms with van der Waals surface area (Å²) >= 11 is 0. The number of rotatable bonds is 6. The van der Waals surface area contributed by atoms with Gasteiger partial charge in [0.25, 0.3) is 0 Å². The van der Waals surface area contributed by atoms with Crippen molar-refractivity contribution >= 4 is 5.82 Å². The van der Waals surface area contributed by atoms with Crippen LogP contribution in [0.3, 0.4) is 0 Å². The lowest BCUT2D eigenvalue weighted by molar-refractivity contribution is 0.762. The summed E-state index contributed by atoms with van der Waals surface area (Å²) in [6.07, 6.45) is 5.61. The Morgan fingerprint density at radius 2 is 2.05 bits per heavy atom. The standard InChI is InChI=1S/C14H21N5/c1-4-7-16-13-8-11(5-2)17-14(18-13)12-9-15-10-19(12)6-3/h8-10H,4-7H2,1-3H3,(H,16,17,18). The van der Waals surface area contributed by atoms with Crippen molar-refractivity contribution in [3.8, 4) is 11.5 Å². The van der Waals surface area contributed by atoms with E-state index in [0.717, 1.165) is 49.0 Å². The Hall–Kier alpha value is -1.91. The smallest absolute Gasteiger partial charge is 0.180 e. The van der Waals surface area contributed by atoms with Gasteiger partial charge in [0.05, 0.1) is 12.5 Å². The van der Waals surface area contributed by atoms with Gasteiger partial charge in [-0.2, -0.15) is 0 Å². The van der Waals surface area contributed by atoms with Crippen LogP contribution in [-0.4, -0.2) is 26.1 Å². The minimum absolute atomic E-state index is 0.748. The van der Waals surface area contributed by atoms with E-state index in [4.69, 9.17) is 0 Å². The third kappa shape index (κ3) is 3.10. The molecule has 2 aromatic heterocycles. The van der Waals surface area contributed by atoms with Crippen molar-refractivity contribution in [2.75, 3.05) is 11.9 Å². The highest BCUT2D eigenvalue weighted by molar-refractivity contribution is 5.53. The molecule has 0 atom stereocenters. The Bertz CT molecular complexity index is 532. The number of aromatic nitrogens is 4. The summed E-state index contributed by atoms with van der Waals surface area (Å²) in [6, 6.07) is 2.02. The second-order valence-corrected chi connectivity index (χ2v) is 4.41. The maximum absolute atomic E-state index is 4.60. The lowest BCUT2D eigenvalue weighted by Crippen LogP contribution is -2.07.